The minimum absolute atomic E-state index is 0.107. The Labute approximate surface area is 199 Å². The van der Waals surface area contributed by atoms with Crippen LogP contribution in [0.2, 0.25) is 5.02 Å². The molecule has 2 amide bonds. The van der Waals surface area contributed by atoms with Gasteiger partial charge >= 0.3 is 0 Å². The lowest BCUT2D eigenvalue weighted by molar-refractivity contribution is -0.126. The first kappa shape index (κ1) is 23.1. The molecule has 172 valence electrons. The van der Waals surface area contributed by atoms with Crippen LogP contribution in [0.1, 0.15) is 37.7 Å². The fourth-order valence-corrected chi connectivity index (χ4v) is 4.36. The average molecular weight is 465 g/mol. The zero-order valence-corrected chi connectivity index (χ0v) is 19.4. The standard InChI is InChI=1S/C26H29ClN4O2/c27-22-13-11-19(12-14-22)25-21(18-31(30-25)23-9-5-2-6-10-23)17-24(32)28-15-16-29-26(33)20-7-3-1-4-8-20/h2,5-6,9-14,18,20H,1,3-4,7-8,15-17H2,(H,28,32)(H,29,33). The fourth-order valence-electron chi connectivity index (χ4n) is 4.24. The molecule has 0 saturated heterocycles. The van der Waals surface area contributed by atoms with E-state index in [0.717, 1.165) is 48.2 Å². The number of benzene rings is 2. The Bertz CT molecular complexity index is 1070. The summed E-state index contributed by atoms with van der Waals surface area (Å²) < 4.78 is 1.79. The highest BCUT2D eigenvalue weighted by Crippen LogP contribution is 2.26. The highest BCUT2D eigenvalue weighted by molar-refractivity contribution is 6.30. The molecule has 4 rings (SSSR count). The molecular weight excluding hydrogens is 436 g/mol. The molecule has 2 N–H and O–H groups in total. The van der Waals surface area contributed by atoms with Gasteiger partial charge in [0.25, 0.3) is 0 Å². The van der Waals surface area contributed by atoms with Crippen LogP contribution in [0.4, 0.5) is 0 Å². The quantitative estimate of drug-likeness (QED) is 0.480. The molecule has 3 aromatic rings. The lowest BCUT2D eigenvalue weighted by Gasteiger charge is -2.20. The topological polar surface area (TPSA) is 76.0 Å². The first-order valence-corrected chi connectivity index (χ1v) is 11.9. The molecule has 6 nitrogen and oxygen atoms in total. The Balaban J connectivity index is 1.38. The summed E-state index contributed by atoms with van der Waals surface area (Å²) in [6.07, 6.45) is 7.50. The van der Waals surface area contributed by atoms with Crippen LogP contribution in [0.25, 0.3) is 16.9 Å². The van der Waals surface area contributed by atoms with Crippen LogP contribution >= 0.6 is 11.6 Å². The summed E-state index contributed by atoms with van der Waals surface area (Å²) in [7, 11) is 0. The molecule has 0 unspecified atom stereocenters. The third-order valence-electron chi connectivity index (χ3n) is 6.00. The number of hydrogen-bond donors (Lipinski definition) is 2. The Morgan fingerprint density at radius 2 is 1.64 bits per heavy atom. The van der Waals surface area contributed by atoms with Gasteiger partial charge in [0.2, 0.25) is 11.8 Å². The van der Waals surface area contributed by atoms with E-state index in [0.29, 0.717) is 18.1 Å². The number of carbonyl (C=O) groups excluding carboxylic acids is 2. The van der Waals surface area contributed by atoms with Crippen LogP contribution in [0.5, 0.6) is 0 Å². The molecule has 33 heavy (non-hydrogen) atoms. The molecule has 0 aliphatic heterocycles. The molecule has 0 spiro atoms. The van der Waals surface area contributed by atoms with Crippen LogP contribution in [0, 0.1) is 5.92 Å². The Morgan fingerprint density at radius 3 is 2.36 bits per heavy atom. The van der Waals surface area contributed by atoms with E-state index >= 15 is 0 Å². The van der Waals surface area contributed by atoms with E-state index in [9.17, 15) is 9.59 Å². The van der Waals surface area contributed by atoms with E-state index in [1.807, 2.05) is 60.8 Å². The summed E-state index contributed by atoms with van der Waals surface area (Å²) in [5.41, 5.74) is 3.39. The maximum absolute atomic E-state index is 12.7. The van der Waals surface area contributed by atoms with Gasteiger partial charge in [-0.1, -0.05) is 61.2 Å². The zero-order valence-electron chi connectivity index (χ0n) is 18.6. The molecular formula is C26H29ClN4O2. The minimum atomic E-state index is -0.107. The van der Waals surface area contributed by atoms with Gasteiger partial charge in [-0.2, -0.15) is 5.10 Å². The second-order valence-electron chi connectivity index (χ2n) is 8.44. The third kappa shape index (κ3) is 6.23. The number of hydrogen-bond acceptors (Lipinski definition) is 3. The predicted molar refractivity (Wildman–Crippen MR) is 130 cm³/mol. The smallest absolute Gasteiger partial charge is 0.224 e. The largest absolute Gasteiger partial charge is 0.354 e. The van der Waals surface area contributed by atoms with Gasteiger partial charge in [0.15, 0.2) is 0 Å². The van der Waals surface area contributed by atoms with Gasteiger partial charge < -0.3 is 10.6 Å². The molecule has 0 bridgehead atoms. The molecule has 7 heteroatoms. The summed E-state index contributed by atoms with van der Waals surface area (Å²) in [6.45, 7) is 0.842. The maximum atomic E-state index is 12.7. The molecule has 0 radical (unpaired) electrons. The van der Waals surface area contributed by atoms with Crippen molar-refractivity contribution in [1.29, 1.82) is 0 Å². The van der Waals surface area contributed by atoms with E-state index in [4.69, 9.17) is 16.7 Å². The van der Waals surface area contributed by atoms with E-state index in [1.165, 1.54) is 6.42 Å². The Kier molecular flexibility index (Phi) is 7.79. The van der Waals surface area contributed by atoms with Crippen molar-refractivity contribution in [3.8, 4) is 16.9 Å². The molecule has 1 saturated carbocycles. The zero-order chi connectivity index (χ0) is 23.0. The molecule has 1 aliphatic carbocycles. The lowest BCUT2D eigenvalue weighted by atomic mass is 9.89. The van der Waals surface area contributed by atoms with Gasteiger partial charge in [-0.3, -0.25) is 9.59 Å². The number of nitrogens with one attached hydrogen (secondary N) is 2. The highest BCUT2D eigenvalue weighted by atomic mass is 35.5. The second-order valence-corrected chi connectivity index (χ2v) is 8.88. The van der Waals surface area contributed by atoms with Crippen molar-refractivity contribution in [1.82, 2.24) is 20.4 Å². The monoisotopic (exact) mass is 464 g/mol. The number of carbonyl (C=O) groups is 2. The van der Waals surface area contributed by atoms with Crippen LogP contribution < -0.4 is 10.6 Å². The van der Waals surface area contributed by atoms with Crippen molar-refractivity contribution in [3.05, 3.63) is 71.4 Å². The van der Waals surface area contributed by atoms with Crippen molar-refractivity contribution < 1.29 is 9.59 Å². The van der Waals surface area contributed by atoms with Crippen molar-refractivity contribution >= 4 is 23.4 Å². The van der Waals surface area contributed by atoms with Crippen molar-refractivity contribution in [3.63, 3.8) is 0 Å². The Hall–Kier alpha value is -3.12. The number of para-hydroxylation sites is 1. The predicted octanol–water partition coefficient (Wildman–Crippen LogP) is 4.55. The van der Waals surface area contributed by atoms with Gasteiger partial charge in [-0.15, -0.1) is 0 Å². The van der Waals surface area contributed by atoms with E-state index in [2.05, 4.69) is 10.6 Å². The van der Waals surface area contributed by atoms with Crippen LogP contribution in [-0.4, -0.2) is 34.7 Å². The third-order valence-corrected chi connectivity index (χ3v) is 6.25. The molecule has 1 aliphatic rings. The lowest BCUT2D eigenvalue weighted by Crippen LogP contribution is -2.38. The summed E-state index contributed by atoms with van der Waals surface area (Å²) in [6, 6.07) is 17.2. The highest BCUT2D eigenvalue weighted by Gasteiger charge is 2.20. The number of nitrogens with zero attached hydrogens (tertiary/aromatic N) is 2. The van der Waals surface area contributed by atoms with E-state index in [1.54, 1.807) is 4.68 Å². The van der Waals surface area contributed by atoms with Gasteiger partial charge in [0, 0.05) is 41.4 Å². The number of aromatic nitrogens is 2. The van der Waals surface area contributed by atoms with E-state index < -0.39 is 0 Å². The van der Waals surface area contributed by atoms with Crippen LogP contribution in [0.15, 0.2) is 60.8 Å². The molecule has 1 fully saturated rings. The van der Waals surface area contributed by atoms with Crippen LogP contribution in [-0.2, 0) is 16.0 Å². The first-order valence-electron chi connectivity index (χ1n) is 11.5. The maximum Gasteiger partial charge on any atom is 0.224 e. The molecule has 1 heterocycles. The first-order chi connectivity index (χ1) is 16.1. The average Bonchev–Trinajstić information content (AvgIpc) is 3.27. The van der Waals surface area contributed by atoms with Gasteiger partial charge in [-0.25, -0.2) is 4.68 Å². The van der Waals surface area contributed by atoms with Crippen LogP contribution in [0.3, 0.4) is 0 Å². The summed E-state index contributed by atoms with van der Waals surface area (Å²) in [4.78, 5) is 24.9. The van der Waals surface area contributed by atoms with Crippen molar-refractivity contribution in [2.45, 2.75) is 38.5 Å². The minimum Gasteiger partial charge on any atom is -0.354 e. The summed E-state index contributed by atoms with van der Waals surface area (Å²) in [5.74, 6) is 0.128. The summed E-state index contributed by atoms with van der Waals surface area (Å²) in [5, 5.41) is 11.3. The van der Waals surface area contributed by atoms with Gasteiger partial charge in [-0.05, 0) is 37.1 Å². The molecule has 1 aromatic heterocycles. The second kappa shape index (κ2) is 11.1. The van der Waals surface area contributed by atoms with Gasteiger partial charge in [0.05, 0.1) is 17.8 Å². The Morgan fingerprint density at radius 1 is 0.939 bits per heavy atom. The number of rotatable bonds is 8. The van der Waals surface area contributed by atoms with Crippen molar-refractivity contribution in [2.24, 2.45) is 5.92 Å². The molecule has 2 aromatic carbocycles. The SMILES string of the molecule is O=C(Cc1cn(-c2ccccc2)nc1-c1ccc(Cl)cc1)NCCNC(=O)C1CCCCC1. The van der Waals surface area contributed by atoms with E-state index in [-0.39, 0.29) is 24.2 Å². The van der Waals surface area contributed by atoms with Gasteiger partial charge in [0.1, 0.15) is 0 Å². The number of amides is 2. The fraction of sp³-hybridized carbons (Fsp3) is 0.346. The normalized spacial score (nSPS) is 14.1. The number of halogens is 1. The molecule has 0 atom stereocenters. The summed E-state index contributed by atoms with van der Waals surface area (Å²) >= 11 is 6.05. The van der Waals surface area contributed by atoms with Crippen molar-refractivity contribution in [2.75, 3.05) is 13.1 Å².